The van der Waals surface area contributed by atoms with Crippen molar-refractivity contribution in [3.05, 3.63) is 23.9 Å². The van der Waals surface area contributed by atoms with E-state index < -0.39 is 16.0 Å². The van der Waals surface area contributed by atoms with Crippen LogP contribution in [0.5, 0.6) is 0 Å². The number of nitrogens with zero attached hydrogens (tertiary/aromatic N) is 1. The highest BCUT2D eigenvalue weighted by Crippen LogP contribution is 2.33. The average Bonchev–Trinajstić information content (AvgIpc) is 3.19. The van der Waals surface area contributed by atoms with Crippen molar-refractivity contribution in [3.63, 3.8) is 0 Å². The zero-order valence-corrected chi connectivity index (χ0v) is 11.2. The molecule has 6 nitrogen and oxygen atoms in total. The van der Waals surface area contributed by atoms with Crippen molar-refractivity contribution in [1.82, 2.24) is 9.71 Å². The third-order valence-electron chi connectivity index (χ3n) is 3.04. The van der Waals surface area contributed by atoms with Gasteiger partial charge < -0.3 is 5.11 Å². The van der Waals surface area contributed by atoms with E-state index in [-0.39, 0.29) is 10.6 Å². The fourth-order valence-electron chi connectivity index (χ4n) is 1.74. The van der Waals surface area contributed by atoms with Gasteiger partial charge in [0.25, 0.3) is 10.0 Å². The van der Waals surface area contributed by atoms with Gasteiger partial charge in [0.15, 0.2) is 5.03 Å². The van der Waals surface area contributed by atoms with Crippen LogP contribution in [0.3, 0.4) is 0 Å². The zero-order chi connectivity index (χ0) is 13.9. The Balaban J connectivity index is 1.91. The third kappa shape index (κ3) is 4.00. The maximum Gasteiger partial charge on any atom is 0.337 e. The lowest BCUT2D eigenvalue weighted by Crippen LogP contribution is -2.25. The number of hydrogen-bond acceptors (Lipinski definition) is 4. The summed E-state index contributed by atoms with van der Waals surface area (Å²) in [5.41, 5.74) is -0.0346. The van der Waals surface area contributed by atoms with Crippen LogP contribution in [0.15, 0.2) is 23.4 Å². The molecule has 0 spiro atoms. The fourth-order valence-corrected chi connectivity index (χ4v) is 2.74. The standard InChI is InChI=1S/C12H16N2O4S/c15-12(16)10-5-6-11(13-8-10)19(17,18)14-7-1-2-9-3-4-9/h5-6,8-9,14H,1-4,7H2,(H,15,16). The number of sulfonamides is 1. The summed E-state index contributed by atoms with van der Waals surface area (Å²) < 4.78 is 26.2. The highest BCUT2D eigenvalue weighted by Gasteiger charge is 2.21. The van der Waals surface area contributed by atoms with Crippen LogP contribution < -0.4 is 4.72 Å². The minimum absolute atomic E-state index is 0.0346. The number of aromatic nitrogens is 1. The quantitative estimate of drug-likeness (QED) is 0.734. The molecule has 1 saturated carbocycles. The molecule has 0 bridgehead atoms. The number of hydrogen-bond donors (Lipinski definition) is 2. The molecule has 2 rings (SSSR count). The smallest absolute Gasteiger partial charge is 0.337 e. The fraction of sp³-hybridized carbons (Fsp3) is 0.500. The molecule has 2 N–H and O–H groups in total. The molecule has 1 aromatic rings. The Morgan fingerprint density at radius 2 is 2.16 bits per heavy atom. The maximum atomic E-state index is 11.9. The van der Waals surface area contributed by atoms with Crippen molar-refractivity contribution in [1.29, 1.82) is 0 Å². The van der Waals surface area contributed by atoms with Gasteiger partial charge in [0.1, 0.15) is 0 Å². The number of nitrogens with one attached hydrogen (secondary N) is 1. The van der Waals surface area contributed by atoms with E-state index in [1.165, 1.54) is 25.0 Å². The normalized spacial score (nSPS) is 15.4. The van der Waals surface area contributed by atoms with Gasteiger partial charge >= 0.3 is 5.97 Å². The Morgan fingerprint density at radius 1 is 1.42 bits per heavy atom. The Morgan fingerprint density at radius 3 is 2.68 bits per heavy atom. The molecule has 1 aliphatic carbocycles. The summed E-state index contributed by atoms with van der Waals surface area (Å²) in [5, 5.41) is 8.56. The second-order valence-corrected chi connectivity index (χ2v) is 6.39. The Labute approximate surface area is 111 Å². The number of pyridine rings is 1. The lowest BCUT2D eigenvalue weighted by atomic mass is 10.2. The molecule has 0 aromatic carbocycles. The van der Waals surface area contributed by atoms with E-state index in [1.54, 1.807) is 0 Å². The van der Waals surface area contributed by atoms with E-state index in [4.69, 9.17) is 5.11 Å². The molecule has 1 fully saturated rings. The second-order valence-electron chi connectivity index (χ2n) is 4.67. The summed E-state index contributed by atoms with van der Waals surface area (Å²) in [6.07, 6.45) is 5.42. The summed E-state index contributed by atoms with van der Waals surface area (Å²) in [5.74, 6) is -0.355. The van der Waals surface area contributed by atoms with E-state index in [1.807, 2.05) is 0 Å². The summed E-state index contributed by atoms with van der Waals surface area (Å²) >= 11 is 0. The summed E-state index contributed by atoms with van der Waals surface area (Å²) in [6, 6.07) is 2.43. The summed E-state index contributed by atoms with van der Waals surface area (Å²) in [7, 11) is -3.63. The molecule has 19 heavy (non-hydrogen) atoms. The number of carbonyl (C=O) groups is 1. The van der Waals surface area contributed by atoms with Gasteiger partial charge in [-0.1, -0.05) is 12.8 Å². The number of aromatic carboxylic acids is 1. The van der Waals surface area contributed by atoms with E-state index in [2.05, 4.69) is 9.71 Å². The van der Waals surface area contributed by atoms with Gasteiger partial charge in [-0.2, -0.15) is 0 Å². The first kappa shape index (κ1) is 14.0. The molecular weight excluding hydrogens is 268 g/mol. The van der Waals surface area contributed by atoms with Crippen molar-refractivity contribution < 1.29 is 18.3 Å². The molecule has 0 atom stereocenters. The predicted molar refractivity (Wildman–Crippen MR) is 68.3 cm³/mol. The highest BCUT2D eigenvalue weighted by molar-refractivity contribution is 7.89. The van der Waals surface area contributed by atoms with E-state index in [0.29, 0.717) is 6.54 Å². The molecule has 0 radical (unpaired) electrons. The van der Waals surface area contributed by atoms with Gasteiger partial charge in [0.05, 0.1) is 5.56 Å². The molecule has 104 valence electrons. The van der Waals surface area contributed by atoms with E-state index in [0.717, 1.165) is 25.0 Å². The van der Waals surface area contributed by atoms with Crippen molar-refractivity contribution in [2.45, 2.75) is 30.7 Å². The molecule has 0 amide bonds. The van der Waals surface area contributed by atoms with Crippen LogP contribution in [0, 0.1) is 5.92 Å². The molecule has 0 aliphatic heterocycles. The van der Waals surface area contributed by atoms with E-state index >= 15 is 0 Å². The Bertz CT molecular complexity index is 550. The van der Waals surface area contributed by atoms with Gasteiger partial charge in [0, 0.05) is 12.7 Å². The summed E-state index contributed by atoms with van der Waals surface area (Å²) in [4.78, 5) is 14.3. The predicted octanol–water partition coefficient (Wildman–Crippen LogP) is 1.25. The van der Waals surface area contributed by atoms with Crippen molar-refractivity contribution >= 4 is 16.0 Å². The first-order valence-corrected chi connectivity index (χ1v) is 7.66. The van der Waals surface area contributed by atoms with Gasteiger partial charge in [-0.3, -0.25) is 0 Å². The van der Waals surface area contributed by atoms with Crippen LogP contribution in [0.4, 0.5) is 0 Å². The Hall–Kier alpha value is -1.47. The number of carboxylic acid groups (broad SMARTS) is 1. The molecule has 0 unspecified atom stereocenters. The number of carboxylic acids is 1. The van der Waals surface area contributed by atoms with Crippen LogP contribution in [-0.2, 0) is 10.0 Å². The maximum absolute atomic E-state index is 11.9. The van der Waals surface area contributed by atoms with Crippen LogP contribution >= 0.6 is 0 Å². The molecule has 7 heteroatoms. The first-order chi connectivity index (χ1) is 8.99. The van der Waals surface area contributed by atoms with Crippen LogP contribution in [0.2, 0.25) is 0 Å². The SMILES string of the molecule is O=C(O)c1ccc(S(=O)(=O)NCCCC2CC2)nc1. The molecule has 1 aromatic heterocycles. The zero-order valence-electron chi connectivity index (χ0n) is 10.4. The average molecular weight is 284 g/mol. The Kier molecular flexibility index (Phi) is 4.16. The minimum Gasteiger partial charge on any atom is -0.478 e. The monoisotopic (exact) mass is 284 g/mol. The largest absolute Gasteiger partial charge is 0.478 e. The van der Waals surface area contributed by atoms with Crippen LogP contribution in [0.1, 0.15) is 36.0 Å². The van der Waals surface area contributed by atoms with Crippen LogP contribution in [-0.4, -0.2) is 31.0 Å². The lowest BCUT2D eigenvalue weighted by molar-refractivity contribution is 0.0696. The van der Waals surface area contributed by atoms with E-state index in [9.17, 15) is 13.2 Å². The van der Waals surface area contributed by atoms with Gasteiger partial charge in [-0.05, 0) is 30.9 Å². The second kappa shape index (κ2) is 5.66. The minimum atomic E-state index is -3.63. The van der Waals surface area contributed by atoms with Gasteiger partial charge in [0.2, 0.25) is 0 Å². The van der Waals surface area contributed by atoms with Gasteiger partial charge in [-0.25, -0.2) is 22.9 Å². The van der Waals surface area contributed by atoms with Crippen molar-refractivity contribution in [3.8, 4) is 0 Å². The van der Waals surface area contributed by atoms with Crippen LogP contribution in [0.25, 0.3) is 0 Å². The molecular formula is C12H16N2O4S. The van der Waals surface area contributed by atoms with Gasteiger partial charge in [-0.15, -0.1) is 0 Å². The molecule has 0 saturated heterocycles. The number of rotatable bonds is 7. The third-order valence-corrected chi connectivity index (χ3v) is 4.41. The highest BCUT2D eigenvalue weighted by atomic mass is 32.2. The van der Waals surface area contributed by atoms with Crippen molar-refractivity contribution in [2.75, 3.05) is 6.54 Å². The van der Waals surface area contributed by atoms with Crippen molar-refractivity contribution in [2.24, 2.45) is 5.92 Å². The topological polar surface area (TPSA) is 96.4 Å². The molecule has 1 aliphatic rings. The first-order valence-electron chi connectivity index (χ1n) is 6.18. The molecule has 1 heterocycles. The lowest BCUT2D eigenvalue weighted by Gasteiger charge is -2.05. The summed E-state index contributed by atoms with van der Waals surface area (Å²) in [6.45, 7) is 0.390.